The van der Waals surface area contributed by atoms with Crippen LogP contribution in [0.15, 0.2) is 24.3 Å². The number of carbonyl (C=O) groups excluding carboxylic acids is 2. The number of hydrogen-bond donors (Lipinski definition) is 2. The van der Waals surface area contributed by atoms with Crippen LogP contribution in [0.4, 0.5) is 13.2 Å². The molecule has 132 valence electrons. The normalized spacial score (nSPS) is 16.0. The van der Waals surface area contributed by atoms with Gasteiger partial charge in [0, 0.05) is 30.6 Å². The average molecular weight is 367 g/mol. The van der Waals surface area contributed by atoms with Gasteiger partial charge in [-0.05, 0) is 24.3 Å². The zero-order valence-corrected chi connectivity index (χ0v) is 13.0. The summed E-state index contributed by atoms with van der Waals surface area (Å²) in [6.07, 6.45) is -7.30. The Morgan fingerprint density at radius 2 is 1.92 bits per heavy atom. The summed E-state index contributed by atoms with van der Waals surface area (Å²) in [4.78, 5) is 23.0. The van der Waals surface area contributed by atoms with E-state index in [-0.39, 0.29) is 18.2 Å². The number of rotatable bonds is 6. The summed E-state index contributed by atoms with van der Waals surface area (Å²) in [6, 6.07) is 5.49. The number of carbonyl (C=O) groups is 2. The minimum Gasteiger partial charge on any atom is -0.446 e. The second-order valence-electron chi connectivity index (χ2n) is 5.08. The number of amides is 1. The Balaban J connectivity index is 2.02. The van der Waals surface area contributed by atoms with Crippen LogP contribution in [0, 0.1) is 5.92 Å². The van der Waals surface area contributed by atoms with Gasteiger partial charge in [-0.25, -0.2) is 4.79 Å². The van der Waals surface area contributed by atoms with E-state index in [1.54, 1.807) is 0 Å². The van der Waals surface area contributed by atoms with Crippen LogP contribution in [0.25, 0.3) is 0 Å². The molecule has 0 aromatic heterocycles. The quantitative estimate of drug-likeness (QED) is 0.589. The first-order chi connectivity index (χ1) is 11.3. The monoisotopic (exact) mass is 366 g/mol. The summed E-state index contributed by atoms with van der Waals surface area (Å²) in [6.45, 7) is 1.60. The lowest BCUT2D eigenvalue weighted by Crippen LogP contribution is -2.51. The Morgan fingerprint density at radius 1 is 1.29 bits per heavy atom. The number of nitrogens with one attached hydrogen (secondary N) is 2. The van der Waals surface area contributed by atoms with E-state index in [1.165, 1.54) is 24.3 Å². The third kappa shape index (κ3) is 5.27. The fraction of sp³-hybridized carbons (Fsp3) is 0.429. The zero-order valence-electron chi connectivity index (χ0n) is 12.2. The first-order valence-electron chi connectivity index (χ1n) is 6.94. The molecular formula is C14H14ClF3N2O4. The number of alkyl halides is 3. The molecule has 2 N–H and O–H groups in total. The summed E-state index contributed by atoms with van der Waals surface area (Å²) in [5.74, 6) is -3.29. The van der Waals surface area contributed by atoms with Gasteiger partial charge in [0.15, 0.2) is 0 Å². The van der Waals surface area contributed by atoms with E-state index in [0.29, 0.717) is 18.1 Å². The molecular weight excluding hydrogens is 353 g/mol. The molecule has 0 aliphatic carbocycles. The SMILES string of the molecule is O=C(NCC1CNC1)C(OC(=O)C(F)(F)F)Oc1ccc(Cl)cc1. The highest BCUT2D eigenvalue weighted by molar-refractivity contribution is 6.30. The lowest BCUT2D eigenvalue weighted by atomic mass is 10.0. The Bertz CT molecular complexity index is 591. The molecule has 1 heterocycles. The first-order valence-corrected chi connectivity index (χ1v) is 7.32. The smallest absolute Gasteiger partial charge is 0.446 e. The van der Waals surface area contributed by atoms with Crippen LogP contribution >= 0.6 is 11.6 Å². The Kier molecular flexibility index (Phi) is 5.89. The predicted octanol–water partition coefficient (Wildman–Crippen LogP) is 1.49. The first kappa shape index (κ1) is 18.3. The summed E-state index contributed by atoms with van der Waals surface area (Å²) < 4.78 is 46.3. The van der Waals surface area contributed by atoms with E-state index >= 15 is 0 Å². The van der Waals surface area contributed by atoms with Gasteiger partial charge in [0.2, 0.25) is 0 Å². The van der Waals surface area contributed by atoms with Crippen LogP contribution in [0.5, 0.6) is 5.75 Å². The maximum absolute atomic E-state index is 12.4. The molecule has 10 heteroatoms. The number of esters is 1. The second-order valence-corrected chi connectivity index (χ2v) is 5.51. The lowest BCUT2D eigenvalue weighted by Gasteiger charge is -2.28. The minimum atomic E-state index is -5.24. The molecule has 1 aromatic rings. The topological polar surface area (TPSA) is 76.7 Å². The fourth-order valence-corrected chi connectivity index (χ4v) is 1.88. The van der Waals surface area contributed by atoms with Crippen molar-refractivity contribution in [2.45, 2.75) is 12.5 Å². The molecule has 1 unspecified atom stereocenters. The Hall–Kier alpha value is -2.00. The van der Waals surface area contributed by atoms with E-state index in [0.717, 1.165) is 0 Å². The van der Waals surface area contributed by atoms with Crippen LogP contribution in [0.3, 0.4) is 0 Å². The standard InChI is InChI=1S/C14H14ClF3N2O4/c15-9-1-3-10(4-2-9)23-12(24-13(22)14(16,17)18)11(21)20-7-8-5-19-6-8/h1-4,8,12,19H,5-7H2,(H,20,21). The zero-order chi connectivity index (χ0) is 17.7. The number of halogens is 4. The van der Waals surface area contributed by atoms with Crippen LogP contribution in [-0.2, 0) is 14.3 Å². The maximum Gasteiger partial charge on any atom is 0.491 e. The van der Waals surface area contributed by atoms with Crippen LogP contribution < -0.4 is 15.4 Å². The predicted molar refractivity (Wildman–Crippen MR) is 77.4 cm³/mol. The molecule has 1 amide bonds. The van der Waals surface area contributed by atoms with Gasteiger partial charge in [0.05, 0.1) is 0 Å². The summed E-state index contributed by atoms with van der Waals surface area (Å²) in [5.41, 5.74) is 0. The highest BCUT2D eigenvalue weighted by atomic mass is 35.5. The molecule has 1 atom stereocenters. The van der Waals surface area contributed by atoms with E-state index in [9.17, 15) is 22.8 Å². The van der Waals surface area contributed by atoms with E-state index in [1.807, 2.05) is 0 Å². The van der Waals surface area contributed by atoms with Crippen molar-refractivity contribution in [3.05, 3.63) is 29.3 Å². The Labute approximate surface area is 140 Å². The van der Waals surface area contributed by atoms with Crippen molar-refractivity contribution in [1.82, 2.24) is 10.6 Å². The highest BCUT2D eigenvalue weighted by Crippen LogP contribution is 2.21. The third-order valence-electron chi connectivity index (χ3n) is 3.15. The molecule has 0 radical (unpaired) electrons. The van der Waals surface area contributed by atoms with Crippen molar-refractivity contribution < 1.29 is 32.2 Å². The van der Waals surface area contributed by atoms with Gasteiger partial charge < -0.3 is 20.1 Å². The molecule has 0 saturated carbocycles. The van der Waals surface area contributed by atoms with E-state index in [2.05, 4.69) is 15.4 Å². The summed E-state index contributed by atoms with van der Waals surface area (Å²) in [7, 11) is 0. The largest absolute Gasteiger partial charge is 0.491 e. The number of ether oxygens (including phenoxy) is 2. The van der Waals surface area contributed by atoms with Gasteiger partial charge in [0.25, 0.3) is 0 Å². The lowest BCUT2D eigenvalue weighted by molar-refractivity contribution is -0.216. The van der Waals surface area contributed by atoms with E-state index < -0.39 is 24.3 Å². The average Bonchev–Trinajstić information content (AvgIpc) is 2.46. The van der Waals surface area contributed by atoms with E-state index in [4.69, 9.17) is 16.3 Å². The molecule has 1 saturated heterocycles. The molecule has 0 bridgehead atoms. The van der Waals surface area contributed by atoms with Gasteiger partial charge in [-0.15, -0.1) is 0 Å². The van der Waals surface area contributed by atoms with Gasteiger partial charge >= 0.3 is 24.3 Å². The molecule has 1 aromatic carbocycles. The number of hydrogen-bond acceptors (Lipinski definition) is 5. The summed E-state index contributed by atoms with van der Waals surface area (Å²) >= 11 is 5.69. The molecule has 6 nitrogen and oxygen atoms in total. The highest BCUT2D eigenvalue weighted by Gasteiger charge is 2.44. The van der Waals surface area contributed by atoms with Crippen molar-refractivity contribution >= 4 is 23.5 Å². The van der Waals surface area contributed by atoms with Gasteiger partial charge in [-0.1, -0.05) is 11.6 Å². The molecule has 1 fully saturated rings. The van der Waals surface area contributed by atoms with Crippen LogP contribution in [-0.4, -0.2) is 44.0 Å². The maximum atomic E-state index is 12.4. The minimum absolute atomic E-state index is 0.0276. The van der Waals surface area contributed by atoms with Crippen LogP contribution in [0.2, 0.25) is 5.02 Å². The molecule has 1 aliphatic heterocycles. The molecule has 24 heavy (non-hydrogen) atoms. The fourth-order valence-electron chi connectivity index (χ4n) is 1.75. The second kappa shape index (κ2) is 7.71. The van der Waals surface area contributed by atoms with Gasteiger partial charge in [0.1, 0.15) is 5.75 Å². The van der Waals surface area contributed by atoms with Crippen molar-refractivity contribution in [2.24, 2.45) is 5.92 Å². The van der Waals surface area contributed by atoms with Crippen molar-refractivity contribution in [3.63, 3.8) is 0 Å². The molecule has 1 aliphatic rings. The molecule has 2 rings (SSSR count). The number of benzene rings is 1. The van der Waals surface area contributed by atoms with Crippen molar-refractivity contribution in [2.75, 3.05) is 19.6 Å². The summed E-state index contributed by atoms with van der Waals surface area (Å²) in [5, 5.41) is 5.75. The van der Waals surface area contributed by atoms with Crippen LogP contribution in [0.1, 0.15) is 0 Å². The third-order valence-corrected chi connectivity index (χ3v) is 3.40. The van der Waals surface area contributed by atoms with Crippen molar-refractivity contribution in [1.29, 1.82) is 0 Å². The van der Waals surface area contributed by atoms with Crippen molar-refractivity contribution in [3.8, 4) is 5.75 Å². The van der Waals surface area contributed by atoms with Gasteiger partial charge in [-0.2, -0.15) is 13.2 Å². The Morgan fingerprint density at radius 3 is 2.42 bits per heavy atom. The van der Waals surface area contributed by atoms with Gasteiger partial charge in [-0.3, -0.25) is 4.79 Å². The molecule has 0 spiro atoms.